The van der Waals surface area contributed by atoms with Crippen LogP contribution >= 0.6 is 11.6 Å². The van der Waals surface area contributed by atoms with Gasteiger partial charge in [-0.3, -0.25) is 4.79 Å². The van der Waals surface area contributed by atoms with Crippen molar-refractivity contribution in [1.29, 1.82) is 0 Å². The molecule has 98 valence electrons. The van der Waals surface area contributed by atoms with E-state index in [4.69, 9.17) is 11.6 Å². The summed E-state index contributed by atoms with van der Waals surface area (Å²) < 4.78 is 0. The molecule has 1 atom stereocenters. The van der Waals surface area contributed by atoms with Gasteiger partial charge in [0.2, 0.25) is 0 Å². The summed E-state index contributed by atoms with van der Waals surface area (Å²) in [4.78, 5) is 11.9. The molecule has 0 heterocycles. The Bertz CT molecular complexity index is 390. The van der Waals surface area contributed by atoms with E-state index >= 15 is 0 Å². The SMILES string of the molecule is CCC(Cl)C(=O)c1ccc(C2CCCCC2)cc1. The molecule has 1 saturated carbocycles. The number of carbonyl (C=O) groups excluding carboxylic acids is 1. The predicted octanol–water partition coefficient (Wildman–Crippen LogP) is 4.93. The molecule has 2 rings (SSSR count). The number of hydrogen-bond donors (Lipinski definition) is 0. The number of benzene rings is 1. The van der Waals surface area contributed by atoms with Gasteiger partial charge < -0.3 is 0 Å². The van der Waals surface area contributed by atoms with Crippen molar-refractivity contribution in [2.24, 2.45) is 0 Å². The van der Waals surface area contributed by atoms with Crippen molar-refractivity contribution < 1.29 is 4.79 Å². The van der Waals surface area contributed by atoms with Crippen molar-refractivity contribution in [1.82, 2.24) is 0 Å². The standard InChI is InChI=1S/C16H21ClO/c1-2-15(17)16(18)14-10-8-13(9-11-14)12-6-4-3-5-7-12/h8-12,15H,2-7H2,1H3. The lowest BCUT2D eigenvalue weighted by atomic mass is 9.84. The molecule has 1 nitrogen and oxygen atoms in total. The Morgan fingerprint density at radius 1 is 1.22 bits per heavy atom. The molecule has 2 heteroatoms. The summed E-state index contributed by atoms with van der Waals surface area (Å²) in [5.74, 6) is 0.746. The molecule has 1 aromatic carbocycles. The fraction of sp³-hybridized carbons (Fsp3) is 0.562. The topological polar surface area (TPSA) is 17.1 Å². The maximum Gasteiger partial charge on any atom is 0.180 e. The van der Waals surface area contributed by atoms with Gasteiger partial charge in [-0.25, -0.2) is 0 Å². The maximum absolute atomic E-state index is 11.9. The van der Waals surface area contributed by atoms with Gasteiger partial charge in [-0.05, 0) is 30.7 Å². The van der Waals surface area contributed by atoms with Gasteiger partial charge in [0.25, 0.3) is 0 Å². The van der Waals surface area contributed by atoms with Crippen molar-refractivity contribution in [3.8, 4) is 0 Å². The monoisotopic (exact) mass is 264 g/mol. The Morgan fingerprint density at radius 2 is 1.83 bits per heavy atom. The van der Waals surface area contributed by atoms with Crippen molar-refractivity contribution in [2.45, 2.75) is 56.7 Å². The molecule has 0 spiro atoms. The molecule has 18 heavy (non-hydrogen) atoms. The van der Waals surface area contributed by atoms with Crippen molar-refractivity contribution in [3.05, 3.63) is 35.4 Å². The van der Waals surface area contributed by atoms with Crippen LogP contribution in [0, 0.1) is 0 Å². The lowest BCUT2D eigenvalue weighted by Crippen LogP contribution is -2.13. The quantitative estimate of drug-likeness (QED) is 0.556. The summed E-state index contributed by atoms with van der Waals surface area (Å²) in [5.41, 5.74) is 2.13. The van der Waals surface area contributed by atoms with E-state index in [-0.39, 0.29) is 11.2 Å². The third-order valence-corrected chi connectivity index (χ3v) is 4.42. The van der Waals surface area contributed by atoms with Crippen LogP contribution in [0.3, 0.4) is 0 Å². The van der Waals surface area contributed by atoms with Crippen LogP contribution in [0.25, 0.3) is 0 Å². The van der Waals surface area contributed by atoms with Gasteiger partial charge in [-0.15, -0.1) is 11.6 Å². The lowest BCUT2D eigenvalue weighted by molar-refractivity contribution is 0.0985. The minimum Gasteiger partial charge on any atom is -0.293 e. The van der Waals surface area contributed by atoms with E-state index in [2.05, 4.69) is 12.1 Å². The van der Waals surface area contributed by atoms with E-state index in [0.717, 1.165) is 5.56 Å². The molecular weight excluding hydrogens is 244 g/mol. The average Bonchev–Trinajstić information content (AvgIpc) is 2.47. The molecule has 0 aliphatic heterocycles. The van der Waals surface area contributed by atoms with Crippen LogP contribution in [-0.4, -0.2) is 11.2 Å². The molecule has 1 aliphatic rings. The van der Waals surface area contributed by atoms with Crippen LogP contribution in [0.1, 0.15) is 67.3 Å². The van der Waals surface area contributed by atoms with E-state index in [0.29, 0.717) is 12.3 Å². The number of ketones is 1. The van der Waals surface area contributed by atoms with Crippen molar-refractivity contribution in [3.63, 3.8) is 0 Å². The molecule has 0 N–H and O–H groups in total. The summed E-state index contributed by atoms with van der Waals surface area (Å²) >= 11 is 5.99. The number of carbonyl (C=O) groups is 1. The summed E-state index contributed by atoms with van der Waals surface area (Å²) in [5, 5.41) is -0.384. The number of hydrogen-bond acceptors (Lipinski definition) is 1. The number of rotatable bonds is 4. The van der Waals surface area contributed by atoms with Gasteiger partial charge in [-0.2, -0.15) is 0 Å². The first-order chi connectivity index (χ1) is 8.72. The highest BCUT2D eigenvalue weighted by Crippen LogP contribution is 2.32. The largest absolute Gasteiger partial charge is 0.293 e. The maximum atomic E-state index is 11.9. The first kappa shape index (κ1) is 13.6. The molecule has 1 fully saturated rings. The predicted molar refractivity (Wildman–Crippen MR) is 76.5 cm³/mol. The molecule has 0 bridgehead atoms. The van der Waals surface area contributed by atoms with E-state index in [1.165, 1.54) is 37.7 Å². The van der Waals surface area contributed by atoms with Gasteiger partial charge in [0.05, 0.1) is 5.38 Å². The molecule has 0 aromatic heterocycles. The van der Waals surface area contributed by atoms with Crippen LogP contribution in [0.5, 0.6) is 0 Å². The summed E-state index contributed by atoms with van der Waals surface area (Å²) in [6.07, 6.45) is 7.32. The highest BCUT2D eigenvalue weighted by Gasteiger charge is 2.18. The van der Waals surface area contributed by atoms with E-state index in [1.54, 1.807) is 0 Å². The minimum atomic E-state index is -0.384. The Kier molecular flexibility index (Phi) is 4.82. The summed E-state index contributed by atoms with van der Waals surface area (Å²) in [6, 6.07) is 8.11. The average molecular weight is 265 g/mol. The molecule has 1 aromatic rings. The summed E-state index contributed by atoms with van der Waals surface area (Å²) in [6.45, 7) is 1.94. The third-order valence-electron chi connectivity index (χ3n) is 3.91. The van der Waals surface area contributed by atoms with Crippen molar-refractivity contribution >= 4 is 17.4 Å². The second-order valence-corrected chi connectivity index (χ2v) is 5.72. The molecule has 0 saturated heterocycles. The molecule has 0 amide bonds. The zero-order valence-corrected chi connectivity index (χ0v) is 11.7. The van der Waals surface area contributed by atoms with Gasteiger partial charge in [0, 0.05) is 5.56 Å². The lowest BCUT2D eigenvalue weighted by Gasteiger charge is -2.22. The van der Waals surface area contributed by atoms with E-state index < -0.39 is 0 Å². The van der Waals surface area contributed by atoms with Gasteiger partial charge in [-0.1, -0.05) is 50.5 Å². The normalized spacial score (nSPS) is 18.6. The van der Waals surface area contributed by atoms with E-state index in [9.17, 15) is 4.79 Å². The fourth-order valence-electron chi connectivity index (χ4n) is 2.72. The van der Waals surface area contributed by atoms with Gasteiger partial charge >= 0.3 is 0 Å². The fourth-order valence-corrected chi connectivity index (χ4v) is 2.85. The van der Waals surface area contributed by atoms with Crippen LogP contribution in [0.15, 0.2) is 24.3 Å². The zero-order valence-electron chi connectivity index (χ0n) is 11.0. The Hall–Kier alpha value is -0.820. The van der Waals surface area contributed by atoms with Gasteiger partial charge in [0.1, 0.15) is 0 Å². The first-order valence-corrected chi connectivity index (χ1v) is 7.44. The second-order valence-electron chi connectivity index (χ2n) is 5.20. The highest BCUT2D eigenvalue weighted by atomic mass is 35.5. The van der Waals surface area contributed by atoms with E-state index in [1.807, 2.05) is 19.1 Å². The minimum absolute atomic E-state index is 0.0503. The smallest absolute Gasteiger partial charge is 0.180 e. The number of halogens is 1. The molecule has 0 radical (unpaired) electrons. The number of alkyl halides is 1. The first-order valence-electron chi connectivity index (χ1n) is 7.00. The van der Waals surface area contributed by atoms with Crippen LogP contribution < -0.4 is 0 Å². The Balaban J connectivity index is 2.07. The second kappa shape index (κ2) is 6.38. The molecule has 1 unspecified atom stereocenters. The van der Waals surface area contributed by atoms with Gasteiger partial charge in [0.15, 0.2) is 5.78 Å². The van der Waals surface area contributed by atoms with Crippen LogP contribution in [-0.2, 0) is 0 Å². The zero-order chi connectivity index (χ0) is 13.0. The molecular formula is C16H21ClO. The summed E-state index contributed by atoms with van der Waals surface area (Å²) in [7, 11) is 0. The van der Waals surface area contributed by atoms with Crippen LogP contribution in [0.2, 0.25) is 0 Å². The Morgan fingerprint density at radius 3 is 2.39 bits per heavy atom. The highest BCUT2D eigenvalue weighted by molar-refractivity contribution is 6.33. The van der Waals surface area contributed by atoms with Crippen molar-refractivity contribution in [2.75, 3.05) is 0 Å². The Labute approximate surface area is 115 Å². The third kappa shape index (κ3) is 3.14. The van der Waals surface area contributed by atoms with Crippen LogP contribution in [0.4, 0.5) is 0 Å². The molecule has 1 aliphatic carbocycles. The number of Topliss-reactive ketones (excluding diaryl/α,β-unsaturated/α-hetero) is 1.